The van der Waals surface area contributed by atoms with Gasteiger partial charge in [0.25, 0.3) is 0 Å². The summed E-state index contributed by atoms with van der Waals surface area (Å²) in [5.74, 6) is 0.417. The van der Waals surface area contributed by atoms with Crippen LogP contribution < -0.4 is 11.5 Å². The van der Waals surface area contributed by atoms with Gasteiger partial charge in [-0.2, -0.15) is 0 Å². The summed E-state index contributed by atoms with van der Waals surface area (Å²) in [7, 11) is 0. The van der Waals surface area contributed by atoms with Crippen molar-refractivity contribution in [2.24, 2.45) is 17.4 Å². The highest BCUT2D eigenvalue weighted by Crippen LogP contribution is 2.13. The number of carbonyl (C=O) groups excluding carboxylic acids is 1. The highest BCUT2D eigenvalue weighted by molar-refractivity contribution is 5.74. The fraction of sp³-hybridized carbons (Fsp3) is 0.917. The Labute approximate surface area is 99.4 Å². The van der Waals surface area contributed by atoms with Gasteiger partial charge in [-0.05, 0) is 12.5 Å². The third kappa shape index (κ3) is 5.47. The number of nitrogens with zero attached hydrogens (tertiary/aromatic N) is 1. The molecular weight excluding hydrogens is 202 g/mol. The van der Waals surface area contributed by atoms with Gasteiger partial charge in [0.1, 0.15) is 0 Å². The quantitative estimate of drug-likeness (QED) is 0.618. The van der Waals surface area contributed by atoms with E-state index in [9.17, 15) is 4.79 Å². The maximum atomic E-state index is 11.0. The predicted octanol–water partition coefficient (Wildman–Crippen LogP) is 0.947. The van der Waals surface area contributed by atoms with Crippen LogP contribution in [0.15, 0.2) is 0 Å². The van der Waals surface area contributed by atoms with Crippen molar-refractivity contribution in [2.45, 2.75) is 46.1 Å². The Morgan fingerprint density at radius 1 is 1.25 bits per heavy atom. The van der Waals surface area contributed by atoms with Gasteiger partial charge in [0, 0.05) is 25.6 Å². The van der Waals surface area contributed by atoms with Crippen molar-refractivity contribution in [1.29, 1.82) is 0 Å². The molecule has 1 amide bonds. The first-order valence-corrected chi connectivity index (χ1v) is 6.31. The van der Waals surface area contributed by atoms with E-state index < -0.39 is 0 Å². The summed E-state index contributed by atoms with van der Waals surface area (Å²) < 4.78 is 0. The Morgan fingerprint density at radius 3 is 2.12 bits per heavy atom. The predicted molar refractivity (Wildman–Crippen MR) is 68.0 cm³/mol. The molecule has 1 unspecified atom stereocenters. The number of amides is 1. The van der Waals surface area contributed by atoms with Crippen molar-refractivity contribution in [1.82, 2.24) is 4.90 Å². The molecule has 0 rings (SSSR count). The van der Waals surface area contributed by atoms with Gasteiger partial charge in [-0.15, -0.1) is 0 Å². The molecule has 4 N–H and O–H groups in total. The fourth-order valence-electron chi connectivity index (χ4n) is 2.01. The van der Waals surface area contributed by atoms with Crippen LogP contribution in [0.4, 0.5) is 0 Å². The van der Waals surface area contributed by atoms with Gasteiger partial charge in [0.15, 0.2) is 0 Å². The highest BCUT2D eigenvalue weighted by atomic mass is 16.1. The van der Waals surface area contributed by atoms with Gasteiger partial charge in [-0.25, -0.2) is 0 Å². The number of hydrogen-bond acceptors (Lipinski definition) is 3. The lowest BCUT2D eigenvalue weighted by molar-refractivity contribution is -0.119. The molecule has 0 fully saturated rings. The van der Waals surface area contributed by atoms with Gasteiger partial charge in [0.05, 0.1) is 0 Å². The molecule has 96 valence electrons. The molecule has 0 spiro atoms. The number of carbonyl (C=O) groups is 1. The Morgan fingerprint density at radius 2 is 1.81 bits per heavy atom. The normalized spacial score (nSPS) is 13.4. The largest absolute Gasteiger partial charge is 0.370 e. The number of hydrogen-bond donors (Lipinski definition) is 2. The minimum atomic E-state index is -0.265. The van der Waals surface area contributed by atoms with Crippen molar-refractivity contribution >= 4 is 5.91 Å². The average Bonchev–Trinajstić information content (AvgIpc) is 2.28. The SMILES string of the molecule is CCC(CC)CN(CC)C(CN)CC(N)=O. The van der Waals surface area contributed by atoms with Gasteiger partial charge < -0.3 is 11.5 Å². The van der Waals surface area contributed by atoms with Gasteiger partial charge in [-0.3, -0.25) is 9.69 Å². The summed E-state index contributed by atoms with van der Waals surface area (Å²) in [6, 6.07) is 0.100. The van der Waals surface area contributed by atoms with Crippen LogP contribution in [0, 0.1) is 5.92 Å². The average molecular weight is 229 g/mol. The summed E-state index contributed by atoms with van der Waals surface area (Å²) in [6.45, 7) is 8.94. The van der Waals surface area contributed by atoms with E-state index in [-0.39, 0.29) is 11.9 Å². The van der Waals surface area contributed by atoms with Crippen LogP contribution in [-0.2, 0) is 4.79 Å². The zero-order chi connectivity index (χ0) is 12.6. The summed E-state index contributed by atoms with van der Waals surface area (Å²) in [5.41, 5.74) is 10.9. The molecule has 0 saturated carbocycles. The van der Waals surface area contributed by atoms with Gasteiger partial charge in [0.2, 0.25) is 5.91 Å². The minimum Gasteiger partial charge on any atom is -0.370 e. The zero-order valence-corrected chi connectivity index (χ0v) is 10.9. The first kappa shape index (κ1) is 15.4. The standard InChI is InChI=1S/C12H27N3O/c1-4-10(5-2)9-15(6-3)11(8-13)7-12(14)16/h10-11H,4-9,13H2,1-3H3,(H2,14,16). The van der Waals surface area contributed by atoms with Gasteiger partial charge in [-0.1, -0.05) is 33.6 Å². The zero-order valence-electron chi connectivity index (χ0n) is 10.9. The lowest BCUT2D eigenvalue weighted by atomic mass is 10.0. The molecule has 0 aliphatic heterocycles. The fourth-order valence-corrected chi connectivity index (χ4v) is 2.01. The van der Waals surface area contributed by atoms with Crippen molar-refractivity contribution in [3.63, 3.8) is 0 Å². The molecule has 0 aromatic carbocycles. The van der Waals surface area contributed by atoms with Crippen molar-refractivity contribution < 1.29 is 4.79 Å². The topological polar surface area (TPSA) is 72.3 Å². The summed E-state index contributed by atoms with van der Waals surface area (Å²) >= 11 is 0. The van der Waals surface area contributed by atoms with E-state index in [0.29, 0.717) is 18.9 Å². The van der Waals surface area contributed by atoms with E-state index in [1.807, 2.05) is 0 Å². The highest BCUT2D eigenvalue weighted by Gasteiger charge is 2.19. The van der Waals surface area contributed by atoms with Gasteiger partial charge >= 0.3 is 0 Å². The van der Waals surface area contributed by atoms with E-state index in [2.05, 4.69) is 25.7 Å². The minimum absolute atomic E-state index is 0.100. The van der Waals surface area contributed by atoms with Crippen LogP contribution in [0.3, 0.4) is 0 Å². The van der Waals surface area contributed by atoms with E-state index >= 15 is 0 Å². The van der Waals surface area contributed by atoms with Crippen molar-refractivity contribution in [2.75, 3.05) is 19.6 Å². The second-order valence-electron chi connectivity index (χ2n) is 4.33. The van der Waals surface area contributed by atoms with Crippen LogP contribution in [0.2, 0.25) is 0 Å². The molecule has 0 aliphatic carbocycles. The summed E-state index contributed by atoms with van der Waals surface area (Å²) in [4.78, 5) is 13.2. The van der Waals surface area contributed by atoms with E-state index in [1.54, 1.807) is 0 Å². The summed E-state index contributed by atoms with van der Waals surface area (Å²) in [6.07, 6.45) is 2.70. The number of nitrogens with two attached hydrogens (primary N) is 2. The molecule has 1 atom stereocenters. The van der Waals surface area contributed by atoms with Crippen LogP contribution in [-0.4, -0.2) is 36.5 Å². The lowest BCUT2D eigenvalue weighted by Crippen LogP contribution is -2.45. The Hall–Kier alpha value is -0.610. The number of likely N-dealkylation sites (N-methyl/N-ethyl adjacent to an activating group) is 1. The number of rotatable bonds is 9. The van der Waals surface area contributed by atoms with E-state index in [0.717, 1.165) is 13.1 Å². The second-order valence-corrected chi connectivity index (χ2v) is 4.33. The molecule has 0 saturated heterocycles. The molecule has 0 radical (unpaired) electrons. The summed E-state index contributed by atoms with van der Waals surface area (Å²) in [5, 5.41) is 0. The van der Waals surface area contributed by atoms with Crippen molar-refractivity contribution in [3.05, 3.63) is 0 Å². The van der Waals surface area contributed by atoms with E-state index in [4.69, 9.17) is 11.5 Å². The Bertz CT molecular complexity index is 193. The molecule has 4 heteroatoms. The molecular formula is C12H27N3O. The van der Waals surface area contributed by atoms with Crippen LogP contribution >= 0.6 is 0 Å². The molecule has 0 heterocycles. The Balaban J connectivity index is 4.36. The van der Waals surface area contributed by atoms with Crippen LogP contribution in [0.1, 0.15) is 40.0 Å². The van der Waals surface area contributed by atoms with Crippen molar-refractivity contribution in [3.8, 4) is 0 Å². The first-order valence-electron chi connectivity index (χ1n) is 6.31. The Kier molecular flexibility index (Phi) is 8.21. The molecule has 16 heavy (non-hydrogen) atoms. The third-order valence-corrected chi connectivity index (χ3v) is 3.28. The maximum Gasteiger partial charge on any atom is 0.219 e. The number of primary amides is 1. The monoisotopic (exact) mass is 229 g/mol. The van der Waals surface area contributed by atoms with E-state index in [1.165, 1.54) is 12.8 Å². The first-order chi connectivity index (χ1) is 7.58. The smallest absolute Gasteiger partial charge is 0.219 e. The van der Waals surface area contributed by atoms with Crippen LogP contribution in [0.25, 0.3) is 0 Å². The third-order valence-electron chi connectivity index (χ3n) is 3.28. The lowest BCUT2D eigenvalue weighted by Gasteiger charge is -2.32. The molecule has 0 aliphatic rings. The second kappa shape index (κ2) is 8.53. The molecule has 0 aromatic rings. The molecule has 0 bridgehead atoms. The molecule has 0 aromatic heterocycles. The molecule has 4 nitrogen and oxygen atoms in total. The maximum absolute atomic E-state index is 11.0. The van der Waals surface area contributed by atoms with Crippen LogP contribution in [0.5, 0.6) is 0 Å².